The molecule has 0 aliphatic carbocycles. The lowest BCUT2D eigenvalue weighted by Crippen LogP contribution is -2.43. The minimum atomic E-state index is -0.613. The summed E-state index contributed by atoms with van der Waals surface area (Å²) in [5, 5.41) is 2.94. The summed E-state index contributed by atoms with van der Waals surface area (Å²) in [5.74, 6) is 1.15. The fraction of sp³-hybridized carbons (Fsp3) is 0.381. The Morgan fingerprint density at radius 1 is 1.00 bits per heavy atom. The molecule has 4 rings (SSSR count). The van der Waals surface area contributed by atoms with E-state index in [1.165, 1.54) is 24.9 Å². The average molecular weight is 352 g/mol. The second-order valence-electron chi connectivity index (χ2n) is 6.80. The van der Waals surface area contributed by atoms with Gasteiger partial charge < -0.3 is 19.7 Å². The van der Waals surface area contributed by atoms with Crippen molar-refractivity contribution in [2.24, 2.45) is 0 Å². The van der Waals surface area contributed by atoms with E-state index in [2.05, 4.69) is 34.5 Å². The molecule has 2 heterocycles. The highest BCUT2D eigenvalue weighted by atomic mass is 16.6. The predicted molar refractivity (Wildman–Crippen MR) is 101 cm³/mol. The summed E-state index contributed by atoms with van der Waals surface area (Å²) in [4.78, 5) is 14.8. The lowest BCUT2D eigenvalue weighted by atomic mass is 10.1. The number of fused-ring (bicyclic) bond motifs is 1. The van der Waals surface area contributed by atoms with Crippen molar-refractivity contribution in [3.05, 3.63) is 54.1 Å². The van der Waals surface area contributed by atoms with Crippen molar-refractivity contribution in [2.75, 3.05) is 24.6 Å². The van der Waals surface area contributed by atoms with Crippen molar-refractivity contribution in [3.63, 3.8) is 0 Å². The van der Waals surface area contributed by atoms with Gasteiger partial charge in [0.15, 0.2) is 11.5 Å². The van der Waals surface area contributed by atoms with E-state index in [-0.39, 0.29) is 12.5 Å². The van der Waals surface area contributed by atoms with Crippen molar-refractivity contribution in [3.8, 4) is 11.5 Å². The summed E-state index contributed by atoms with van der Waals surface area (Å²) < 4.78 is 11.3. The van der Waals surface area contributed by atoms with E-state index in [9.17, 15) is 4.79 Å². The van der Waals surface area contributed by atoms with Crippen molar-refractivity contribution in [1.29, 1.82) is 0 Å². The van der Waals surface area contributed by atoms with E-state index in [0.717, 1.165) is 18.7 Å². The summed E-state index contributed by atoms with van der Waals surface area (Å²) in [5.41, 5.74) is 2.34. The number of nitrogens with one attached hydrogen (secondary N) is 1. The molecule has 1 fully saturated rings. The molecule has 0 aromatic heterocycles. The standard InChI is InChI=1S/C21H24N2O3/c24-21(20-15-25-18-6-2-3-7-19(18)26-20)22-14-16-8-10-17(11-9-16)23-12-4-1-5-13-23/h2-3,6-11,20H,1,4-5,12-15H2,(H,22,24)/t20-/m1/s1. The number of piperidine rings is 1. The Hall–Kier alpha value is -2.69. The first-order valence-electron chi connectivity index (χ1n) is 9.30. The summed E-state index contributed by atoms with van der Waals surface area (Å²) in [6.07, 6.45) is 3.25. The number of para-hydroxylation sites is 2. The lowest BCUT2D eigenvalue weighted by Gasteiger charge is -2.29. The van der Waals surface area contributed by atoms with Crippen molar-refractivity contribution >= 4 is 11.6 Å². The molecule has 1 amide bonds. The maximum absolute atomic E-state index is 12.4. The van der Waals surface area contributed by atoms with E-state index < -0.39 is 6.10 Å². The SMILES string of the molecule is O=C(NCc1ccc(N2CCCCC2)cc1)[C@H]1COc2ccccc2O1. The minimum Gasteiger partial charge on any atom is -0.485 e. The van der Waals surface area contributed by atoms with Crippen LogP contribution in [0.1, 0.15) is 24.8 Å². The van der Waals surface area contributed by atoms with Crippen LogP contribution < -0.4 is 19.7 Å². The third-order valence-electron chi connectivity index (χ3n) is 4.93. The number of carbonyl (C=O) groups is 1. The first-order chi connectivity index (χ1) is 12.8. The summed E-state index contributed by atoms with van der Waals surface area (Å²) in [7, 11) is 0. The normalized spacial score (nSPS) is 19.1. The number of carbonyl (C=O) groups excluding carboxylic acids is 1. The lowest BCUT2D eigenvalue weighted by molar-refractivity contribution is -0.130. The van der Waals surface area contributed by atoms with Gasteiger partial charge in [0.05, 0.1) is 0 Å². The molecule has 1 saturated heterocycles. The number of hydrogen-bond acceptors (Lipinski definition) is 4. The molecule has 0 saturated carbocycles. The van der Waals surface area contributed by atoms with Gasteiger partial charge in [-0.25, -0.2) is 0 Å². The van der Waals surface area contributed by atoms with Crippen LogP contribution in [-0.4, -0.2) is 31.7 Å². The Bertz CT molecular complexity index is 754. The summed E-state index contributed by atoms with van der Waals surface area (Å²) >= 11 is 0. The van der Waals surface area contributed by atoms with E-state index in [1.807, 2.05) is 24.3 Å². The summed E-state index contributed by atoms with van der Waals surface area (Å²) in [6, 6.07) is 15.9. The van der Waals surface area contributed by atoms with Gasteiger partial charge in [-0.1, -0.05) is 24.3 Å². The van der Waals surface area contributed by atoms with Crippen LogP contribution in [0.5, 0.6) is 11.5 Å². The van der Waals surface area contributed by atoms with E-state index in [0.29, 0.717) is 18.0 Å². The molecule has 5 heteroatoms. The minimum absolute atomic E-state index is 0.153. The fourth-order valence-corrected chi connectivity index (χ4v) is 3.43. The van der Waals surface area contributed by atoms with E-state index in [4.69, 9.17) is 9.47 Å². The molecule has 2 aliphatic rings. The highest BCUT2D eigenvalue weighted by Gasteiger charge is 2.26. The van der Waals surface area contributed by atoms with Gasteiger partial charge in [0.2, 0.25) is 6.10 Å². The largest absolute Gasteiger partial charge is 0.485 e. The number of hydrogen-bond donors (Lipinski definition) is 1. The molecule has 2 aromatic carbocycles. The second-order valence-corrected chi connectivity index (χ2v) is 6.80. The first-order valence-corrected chi connectivity index (χ1v) is 9.30. The molecule has 1 N–H and O–H groups in total. The van der Waals surface area contributed by atoms with Gasteiger partial charge in [-0.2, -0.15) is 0 Å². The molecular formula is C21H24N2O3. The fourth-order valence-electron chi connectivity index (χ4n) is 3.43. The maximum Gasteiger partial charge on any atom is 0.264 e. The van der Waals surface area contributed by atoms with Gasteiger partial charge >= 0.3 is 0 Å². The Morgan fingerprint density at radius 3 is 2.50 bits per heavy atom. The van der Waals surface area contributed by atoms with Gasteiger partial charge in [0.25, 0.3) is 5.91 Å². The zero-order valence-electron chi connectivity index (χ0n) is 14.8. The zero-order valence-corrected chi connectivity index (χ0v) is 14.8. The Labute approximate surface area is 153 Å². The van der Waals surface area contributed by atoms with Crippen molar-refractivity contribution < 1.29 is 14.3 Å². The number of nitrogens with zero attached hydrogens (tertiary/aromatic N) is 1. The van der Waals surface area contributed by atoms with E-state index >= 15 is 0 Å². The van der Waals surface area contributed by atoms with Crippen LogP contribution in [0.4, 0.5) is 5.69 Å². The number of rotatable bonds is 4. The van der Waals surface area contributed by atoms with E-state index in [1.54, 1.807) is 0 Å². The second kappa shape index (κ2) is 7.68. The predicted octanol–water partition coefficient (Wildman–Crippen LogP) is 3.13. The highest BCUT2D eigenvalue weighted by molar-refractivity contribution is 5.81. The smallest absolute Gasteiger partial charge is 0.264 e. The van der Waals surface area contributed by atoms with Gasteiger partial charge in [0, 0.05) is 25.3 Å². The average Bonchev–Trinajstić information content (AvgIpc) is 2.72. The van der Waals surface area contributed by atoms with Crippen LogP contribution in [0.3, 0.4) is 0 Å². The monoisotopic (exact) mass is 352 g/mol. The molecule has 26 heavy (non-hydrogen) atoms. The molecule has 0 bridgehead atoms. The first kappa shape index (κ1) is 16.8. The Morgan fingerprint density at radius 2 is 1.73 bits per heavy atom. The highest BCUT2D eigenvalue weighted by Crippen LogP contribution is 2.30. The Balaban J connectivity index is 1.30. The quantitative estimate of drug-likeness (QED) is 0.918. The van der Waals surface area contributed by atoms with Gasteiger partial charge in [-0.15, -0.1) is 0 Å². The van der Waals surface area contributed by atoms with Gasteiger partial charge in [-0.05, 0) is 49.1 Å². The molecule has 5 nitrogen and oxygen atoms in total. The third kappa shape index (κ3) is 3.77. The summed E-state index contributed by atoms with van der Waals surface area (Å²) in [6.45, 7) is 2.99. The van der Waals surface area contributed by atoms with Gasteiger partial charge in [-0.3, -0.25) is 4.79 Å². The Kier molecular flexibility index (Phi) is 4.95. The maximum atomic E-state index is 12.4. The van der Waals surface area contributed by atoms with Crippen LogP contribution in [-0.2, 0) is 11.3 Å². The van der Waals surface area contributed by atoms with Gasteiger partial charge in [0.1, 0.15) is 6.61 Å². The molecule has 0 unspecified atom stereocenters. The van der Waals surface area contributed by atoms with Crippen LogP contribution in [0.2, 0.25) is 0 Å². The molecule has 2 aromatic rings. The molecule has 0 spiro atoms. The zero-order chi connectivity index (χ0) is 17.8. The topological polar surface area (TPSA) is 50.8 Å². The molecule has 0 radical (unpaired) electrons. The molecule has 1 atom stereocenters. The molecule has 136 valence electrons. The number of ether oxygens (including phenoxy) is 2. The van der Waals surface area contributed by atoms with Crippen LogP contribution in [0, 0.1) is 0 Å². The number of amides is 1. The van der Waals surface area contributed by atoms with Crippen LogP contribution in [0.25, 0.3) is 0 Å². The number of anilines is 1. The van der Waals surface area contributed by atoms with Crippen molar-refractivity contribution in [2.45, 2.75) is 31.9 Å². The van der Waals surface area contributed by atoms with Crippen molar-refractivity contribution in [1.82, 2.24) is 5.32 Å². The number of benzene rings is 2. The molecule has 2 aliphatic heterocycles. The molecular weight excluding hydrogens is 328 g/mol. The van der Waals surface area contributed by atoms with Crippen LogP contribution >= 0.6 is 0 Å². The van der Waals surface area contributed by atoms with Crippen LogP contribution in [0.15, 0.2) is 48.5 Å². The third-order valence-corrected chi connectivity index (χ3v) is 4.93.